The second-order valence-corrected chi connectivity index (χ2v) is 5.80. The third-order valence-electron chi connectivity index (χ3n) is 4.29. The summed E-state index contributed by atoms with van der Waals surface area (Å²) in [6, 6.07) is 0.445. The fourth-order valence-electron chi connectivity index (χ4n) is 3.11. The van der Waals surface area contributed by atoms with Crippen LogP contribution in [0.15, 0.2) is 17.2 Å². The molecule has 1 heterocycles. The van der Waals surface area contributed by atoms with Crippen molar-refractivity contribution < 1.29 is 0 Å². The standard InChI is InChI=1S/C15H27N3O/c1-3-9-16-14(13-7-5-4-6-8-13)12-18-11-10-17(2)15(18)19/h10-11,13-14,16H,3-9,12H2,1-2H3. The van der Waals surface area contributed by atoms with Crippen molar-refractivity contribution in [1.29, 1.82) is 0 Å². The normalized spacial score (nSPS) is 18.6. The summed E-state index contributed by atoms with van der Waals surface area (Å²) >= 11 is 0. The van der Waals surface area contributed by atoms with Crippen molar-refractivity contribution in [3.63, 3.8) is 0 Å². The van der Waals surface area contributed by atoms with Crippen LogP contribution < -0.4 is 11.0 Å². The van der Waals surface area contributed by atoms with E-state index < -0.39 is 0 Å². The molecule has 1 saturated carbocycles. The molecule has 19 heavy (non-hydrogen) atoms. The van der Waals surface area contributed by atoms with Gasteiger partial charge in [0.15, 0.2) is 0 Å². The molecule has 2 rings (SSSR count). The second kappa shape index (κ2) is 6.94. The molecular weight excluding hydrogens is 238 g/mol. The number of rotatable bonds is 6. The van der Waals surface area contributed by atoms with Crippen molar-refractivity contribution in [2.45, 2.75) is 58.0 Å². The van der Waals surface area contributed by atoms with Crippen molar-refractivity contribution in [3.05, 3.63) is 22.9 Å². The lowest BCUT2D eigenvalue weighted by molar-refractivity contribution is 0.246. The van der Waals surface area contributed by atoms with Crippen LogP contribution in [0, 0.1) is 5.92 Å². The number of imidazole rings is 1. The highest BCUT2D eigenvalue weighted by Gasteiger charge is 2.23. The Morgan fingerprint density at radius 1 is 1.32 bits per heavy atom. The smallest absolute Gasteiger partial charge is 0.312 e. The molecule has 1 aliphatic rings. The van der Waals surface area contributed by atoms with E-state index in [9.17, 15) is 4.79 Å². The van der Waals surface area contributed by atoms with Gasteiger partial charge in [-0.15, -0.1) is 0 Å². The molecule has 1 fully saturated rings. The summed E-state index contributed by atoms with van der Waals surface area (Å²) in [5.41, 5.74) is 0.0964. The molecule has 0 saturated heterocycles. The first kappa shape index (κ1) is 14.4. The number of aromatic nitrogens is 2. The van der Waals surface area contributed by atoms with Crippen LogP contribution in [0.5, 0.6) is 0 Å². The lowest BCUT2D eigenvalue weighted by atomic mass is 9.83. The van der Waals surface area contributed by atoms with Crippen LogP contribution in [0.1, 0.15) is 45.4 Å². The third kappa shape index (κ3) is 3.72. The summed E-state index contributed by atoms with van der Waals surface area (Å²) in [5.74, 6) is 0.729. The maximum atomic E-state index is 12.0. The van der Waals surface area contributed by atoms with Crippen LogP contribution in [-0.2, 0) is 13.6 Å². The van der Waals surface area contributed by atoms with Gasteiger partial charge in [-0.2, -0.15) is 0 Å². The quantitative estimate of drug-likeness (QED) is 0.856. The molecule has 0 spiro atoms. The highest BCUT2D eigenvalue weighted by atomic mass is 16.1. The summed E-state index contributed by atoms with van der Waals surface area (Å²) in [6.45, 7) is 4.05. The van der Waals surface area contributed by atoms with E-state index in [0.717, 1.165) is 25.4 Å². The van der Waals surface area contributed by atoms with Crippen LogP contribution in [0.25, 0.3) is 0 Å². The zero-order chi connectivity index (χ0) is 13.7. The lowest BCUT2D eigenvalue weighted by Crippen LogP contribution is -2.42. The Balaban J connectivity index is 2.04. The van der Waals surface area contributed by atoms with E-state index >= 15 is 0 Å². The zero-order valence-corrected chi connectivity index (χ0v) is 12.3. The van der Waals surface area contributed by atoms with Crippen molar-refractivity contribution in [2.24, 2.45) is 13.0 Å². The van der Waals surface area contributed by atoms with E-state index in [0.29, 0.717) is 6.04 Å². The first-order valence-electron chi connectivity index (χ1n) is 7.67. The predicted octanol–water partition coefficient (Wildman–Crippen LogP) is 2.14. The maximum Gasteiger partial charge on any atom is 0.327 e. The summed E-state index contributed by atoms with van der Waals surface area (Å²) in [4.78, 5) is 12.0. The number of nitrogens with one attached hydrogen (secondary N) is 1. The van der Waals surface area contributed by atoms with Gasteiger partial charge in [0.2, 0.25) is 0 Å². The molecule has 0 aliphatic heterocycles. The van der Waals surface area contributed by atoms with Crippen LogP contribution >= 0.6 is 0 Å². The van der Waals surface area contributed by atoms with E-state index in [1.807, 2.05) is 24.0 Å². The number of nitrogens with zero attached hydrogens (tertiary/aromatic N) is 2. The Kier molecular flexibility index (Phi) is 5.25. The van der Waals surface area contributed by atoms with Crippen LogP contribution in [0.4, 0.5) is 0 Å². The van der Waals surface area contributed by atoms with Gasteiger partial charge >= 0.3 is 5.69 Å². The van der Waals surface area contributed by atoms with E-state index in [1.165, 1.54) is 32.1 Å². The van der Waals surface area contributed by atoms with Gasteiger partial charge in [-0.25, -0.2) is 4.79 Å². The first-order chi connectivity index (χ1) is 9.22. The molecule has 108 valence electrons. The summed E-state index contributed by atoms with van der Waals surface area (Å²) in [6.07, 6.45) is 11.6. The van der Waals surface area contributed by atoms with Gasteiger partial charge in [-0.05, 0) is 31.7 Å². The molecule has 1 N–H and O–H groups in total. The molecule has 1 aromatic heterocycles. The zero-order valence-electron chi connectivity index (χ0n) is 12.3. The van der Waals surface area contributed by atoms with E-state index in [4.69, 9.17) is 0 Å². The molecule has 4 nitrogen and oxygen atoms in total. The third-order valence-corrected chi connectivity index (χ3v) is 4.29. The van der Waals surface area contributed by atoms with Gasteiger partial charge in [-0.3, -0.25) is 4.57 Å². The Bertz CT molecular complexity index is 429. The molecular formula is C15H27N3O. The lowest BCUT2D eigenvalue weighted by Gasteiger charge is -2.31. The van der Waals surface area contributed by atoms with E-state index in [2.05, 4.69) is 12.2 Å². The van der Waals surface area contributed by atoms with Gasteiger partial charge in [0, 0.05) is 32.0 Å². The van der Waals surface area contributed by atoms with Crippen LogP contribution in [0.2, 0.25) is 0 Å². The predicted molar refractivity (Wildman–Crippen MR) is 78.3 cm³/mol. The Labute approximate surface area is 115 Å². The second-order valence-electron chi connectivity index (χ2n) is 5.80. The summed E-state index contributed by atoms with van der Waals surface area (Å²) in [7, 11) is 1.81. The van der Waals surface area contributed by atoms with Gasteiger partial charge in [0.05, 0.1) is 0 Å². The fraction of sp³-hybridized carbons (Fsp3) is 0.800. The minimum absolute atomic E-state index is 0.0964. The van der Waals surface area contributed by atoms with Gasteiger partial charge in [0.1, 0.15) is 0 Å². The molecule has 1 aliphatic carbocycles. The number of aryl methyl sites for hydroxylation is 1. The SMILES string of the molecule is CCCNC(Cn1ccn(C)c1=O)C1CCCCC1. The minimum Gasteiger partial charge on any atom is -0.312 e. The molecule has 0 radical (unpaired) electrons. The van der Waals surface area contributed by atoms with Crippen molar-refractivity contribution in [3.8, 4) is 0 Å². The van der Waals surface area contributed by atoms with Crippen molar-refractivity contribution in [1.82, 2.24) is 14.5 Å². The number of hydrogen-bond donors (Lipinski definition) is 1. The Hall–Kier alpha value is -1.03. The van der Waals surface area contributed by atoms with Crippen LogP contribution in [0.3, 0.4) is 0 Å². The number of hydrogen-bond acceptors (Lipinski definition) is 2. The highest BCUT2D eigenvalue weighted by molar-refractivity contribution is 4.85. The molecule has 1 unspecified atom stereocenters. The van der Waals surface area contributed by atoms with E-state index in [-0.39, 0.29) is 5.69 Å². The summed E-state index contributed by atoms with van der Waals surface area (Å²) < 4.78 is 3.50. The minimum atomic E-state index is 0.0964. The Morgan fingerprint density at radius 2 is 2.05 bits per heavy atom. The first-order valence-corrected chi connectivity index (χ1v) is 7.67. The average Bonchev–Trinajstić information content (AvgIpc) is 2.76. The van der Waals surface area contributed by atoms with Crippen LogP contribution in [-0.4, -0.2) is 21.7 Å². The molecule has 0 aromatic carbocycles. The molecule has 1 atom stereocenters. The maximum absolute atomic E-state index is 12.0. The molecule has 0 bridgehead atoms. The van der Waals surface area contributed by atoms with Gasteiger partial charge < -0.3 is 9.88 Å². The van der Waals surface area contributed by atoms with Crippen molar-refractivity contribution >= 4 is 0 Å². The van der Waals surface area contributed by atoms with Gasteiger partial charge in [-0.1, -0.05) is 26.2 Å². The Morgan fingerprint density at radius 3 is 2.63 bits per heavy atom. The molecule has 1 aromatic rings. The average molecular weight is 265 g/mol. The molecule has 0 amide bonds. The topological polar surface area (TPSA) is 39.0 Å². The summed E-state index contributed by atoms with van der Waals surface area (Å²) in [5, 5.41) is 3.66. The van der Waals surface area contributed by atoms with Crippen molar-refractivity contribution in [2.75, 3.05) is 6.54 Å². The largest absolute Gasteiger partial charge is 0.327 e. The monoisotopic (exact) mass is 265 g/mol. The van der Waals surface area contributed by atoms with Gasteiger partial charge in [0.25, 0.3) is 0 Å². The molecule has 4 heteroatoms. The highest BCUT2D eigenvalue weighted by Crippen LogP contribution is 2.27. The van der Waals surface area contributed by atoms with E-state index in [1.54, 1.807) is 4.57 Å². The fourth-order valence-corrected chi connectivity index (χ4v) is 3.11.